The van der Waals surface area contributed by atoms with Crippen LogP contribution in [-0.2, 0) is 11.3 Å². The molecule has 1 aromatic carbocycles. The Bertz CT molecular complexity index is 682. The highest BCUT2D eigenvalue weighted by atomic mass is 16.5. The molecule has 0 spiro atoms. The van der Waals surface area contributed by atoms with Gasteiger partial charge in [0.15, 0.2) is 11.7 Å². The van der Waals surface area contributed by atoms with E-state index in [1.807, 2.05) is 31.2 Å². The quantitative estimate of drug-likeness (QED) is 0.374. The van der Waals surface area contributed by atoms with Crippen molar-refractivity contribution in [2.24, 2.45) is 4.99 Å². The molecule has 0 aliphatic heterocycles. The third-order valence-electron chi connectivity index (χ3n) is 4.16. The second-order valence-electron chi connectivity index (χ2n) is 6.77. The predicted octanol–water partition coefficient (Wildman–Crippen LogP) is 4.02. The molecular weight excluding hydrogens is 340 g/mol. The first-order valence-electron chi connectivity index (χ1n) is 9.74. The summed E-state index contributed by atoms with van der Waals surface area (Å²) >= 11 is 0. The van der Waals surface area contributed by atoms with Crippen LogP contribution in [0, 0.1) is 0 Å². The molecule has 0 saturated carbocycles. The lowest BCUT2D eigenvalue weighted by atomic mass is 10.1. The minimum Gasteiger partial charge on any atom is -0.374 e. The van der Waals surface area contributed by atoms with Gasteiger partial charge in [0.2, 0.25) is 0 Å². The second-order valence-corrected chi connectivity index (χ2v) is 6.77. The van der Waals surface area contributed by atoms with E-state index in [2.05, 4.69) is 53.7 Å². The third-order valence-corrected chi connectivity index (χ3v) is 4.16. The highest BCUT2D eigenvalue weighted by molar-refractivity contribution is 5.79. The number of ether oxygens (including phenoxy) is 1. The van der Waals surface area contributed by atoms with Crippen molar-refractivity contribution in [2.45, 2.75) is 52.7 Å². The number of guanidine groups is 1. The molecule has 6 heteroatoms. The molecule has 1 aromatic heterocycles. The van der Waals surface area contributed by atoms with Crippen molar-refractivity contribution in [3.8, 4) is 0 Å². The van der Waals surface area contributed by atoms with E-state index in [4.69, 9.17) is 9.26 Å². The van der Waals surface area contributed by atoms with E-state index in [-0.39, 0.29) is 6.10 Å². The van der Waals surface area contributed by atoms with Crippen LogP contribution in [0.4, 0.5) is 0 Å². The van der Waals surface area contributed by atoms with Gasteiger partial charge in [-0.3, -0.25) is 0 Å². The lowest BCUT2D eigenvalue weighted by Crippen LogP contribution is -2.38. The van der Waals surface area contributed by atoms with Crippen LogP contribution in [-0.4, -0.2) is 30.8 Å². The molecule has 0 aliphatic rings. The number of aliphatic imine (C=N–C) groups is 1. The summed E-state index contributed by atoms with van der Waals surface area (Å²) in [4.78, 5) is 4.56. The average Bonchev–Trinajstić information content (AvgIpc) is 3.15. The minimum atomic E-state index is 0.106. The van der Waals surface area contributed by atoms with E-state index in [9.17, 15) is 0 Å². The van der Waals surface area contributed by atoms with Crippen LogP contribution in [0.2, 0.25) is 0 Å². The molecule has 6 nitrogen and oxygen atoms in total. The van der Waals surface area contributed by atoms with E-state index < -0.39 is 0 Å². The van der Waals surface area contributed by atoms with Gasteiger partial charge in [-0.15, -0.1) is 0 Å². The molecule has 1 unspecified atom stereocenters. The lowest BCUT2D eigenvalue weighted by Gasteiger charge is -2.14. The summed E-state index contributed by atoms with van der Waals surface area (Å²) in [6, 6.07) is 12.2. The number of rotatable bonds is 10. The monoisotopic (exact) mass is 372 g/mol. The molecule has 2 aromatic rings. The maximum Gasteiger partial charge on any atom is 0.191 e. The van der Waals surface area contributed by atoms with E-state index in [0.29, 0.717) is 19.1 Å². The Balaban J connectivity index is 1.71. The molecule has 1 atom stereocenters. The van der Waals surface area contributed by atoms with Crippen LogP contribution in [0.15, 0.2) is 45.9 Å². The van der Waals surface area contributed by atoms with Gasteiger partial charge in [-0.2, -0.15) is 0 Å². The summed E-state index contributed by atoms with van der Waals surface area (Å²) in [5.74, 6) is 1.91. The highest BCUT2D eigenvalue weighted by Crippen LogP contribution is 2.16. The van der Waals surface area contributed by atoms with Gasteiger partial charge in [0.25, 0.3) is 0 Å². The van der Waals surface area contributed by atoms with Gasteiger partial charge in [-0.25, -0.2) is 4.99 Å². The number of aromatic nitrogens is 1. The number of benzene rings is 1. The number of nitrogens with one attached hydrogen (secondary N) is 2. The number of hydrogen-bond acceptors (Lipinski definition) is 4. The summed E-state index contributed by atoms with van der Waals surface area (Å²) in [5, 5.41) is 10.6. The molecule has 0 radical (unpaired) electrons. The van der Waals surface area contributed by atoms with Crippen LogP contribution in [0.1, 0.15) is 63.2 Å². The van der Waals surface area contributed by atoms with E-state index in [1.54, 1.807) is 0 Å². The van der Waals surface area contributed by atoms with Gasteiger partial charge in [0.05, 0.1) is 11.8 Å². The van der Waals surface area contributed by atoms with Crippen molar-refractivity contribution in [3.05, 3.63) is 53.4 Å². The Morgan fingerprint density at radius 1 is 1.19 bits per heavy atom. The molecule has 0 bridgehead atoms. The first-order valence-corrected chi connectivity index (χ1v) is 9.74. The van der Waals surface area contributed by atoms with Crippen LogP contribution in [0.3, 0.4) is 0 Å². The van der Waals surface area contributed by atoms with Crippen LogP contribution in [0.5, 0.6) is 0 Å². The largest absolute Gasteiger partial charge is 0.374 e. The van der Waals surface area contributed by atoms with Gasteiger partial charge >= 0.3 is 0 Å². The van der Waals surface area contributed by atoms with Gasteiger partial charge in [-0.1, -0.05) is 49.3 Å². The Morgan fingerprint density at radius 2 is 1.96 bits per heavy atom. The molecule has 148 valence electrons. The maximum absolute atomic E-state index is 5.90. The predicted molar refractivity (Wildman–Crippen MR) is 109 cm³/mol. The smallest absolute Gasteiger partial charge is 0.191 e. The van der Waals surface area contributed by atoms with Crippen molar-refractivity contribution < 1.29 is 9.26 Å². The van der Waals surface area contributed by atoms with Crippen LogP contribution < -0.4 is 10.6 Å². The zero-order valence-electron chi connectivity index (χ0n) is 16.9. The van der Waals surface area contributed by atoms with Crippen molar-refractivity contribution in [3.63, 3.8) is 0 Å². The zero-order valence-corrected chi connectivity index (χ0v) is 16.9. The summed E-state index contributed by atoms with van der Waals surface area (Å²) in [6.07, 6.45) is 1.01. The molecule has 0 fully saturated rings. The molecular formula is C21H32N4O2. The van der Waals surface area contributed by atoms with Gasteiger partial charge in [0, 0.05) is 25.8 Å². The first-order chi connectivity index (χ1) is 13.1. The number of nitrogens with zero attached hydrogens (tertiary/aromatic N) is 2. The third kappa shape index (κ3) is 7.43. The number of hydrogen-bond donors (Lipinski definition) is 2. The molecule has 0 amide bonds. The fraction of sp³-hybridized carbons (Fsp3) is 0.524. The molecule has 1 heterocycles. The Kier molecular flexibility index (Phi) is 8.84. The Hall–Kier alpha value is -2.34. The summed E-state index contributed by atoms with van der Waals surface area (Å²) in [5.41, 5.74) is 2.16. The van der Waals surface area contributed by atoms with Crippen LogP contribution in [0.25, 0.3) is 0 Å². The van der Waals surface area contributed by atoms with Crippen molar-refractivity contribution in [1.29, 1.82) is 0 Å². The van der Waals surface area contributed by atoms with Crippen molar-refractivity contribution in [1.82, 2.24) is 15.8 Å². The zero-order chi connectivity index (χ0) is 19.5. The van der Waals surface area contributed by atoms with Crippen molar-refractivity contribution >= 4 is 5.96 Å². The van der Waals surface area contributed by atoms with E-state index >= 15 is 0 Å². The SMILES string of the molecule is CCNC(=NCc1cc(C(C)C)no1)NCCCOC(C)c1ccccc1. The van der Waals surface area contributed by atoms with Gasteiger partial charge < -0.3 is 19.9 Å². The normalized spacial score (nSPS) is 13.0. The van der Waals surface area contributed by atoms with Crippen molar-refractivity contribution in [2.75, 3.05) is 19.7 Å². The lowest BCUT2D eigenvalue weighted by molar-refractivity contribution is 0.0646. The summed E-state index contributed by atoms with van der Waals surface area (Å²) in [7, 11) is 0. The molecule has 0 aliphatic carbocycles. The fourth-order valence-corrected chi connectivity index (χ4v) is 2.53. The summed E-state index contributed by atoms with van der Waals surface area (Å²) < 4.78 is 11.2. The molecule has 2 N–H and O–H groups in total. The second kappa shape index (κ2) is 11.4. The average molecular weight is 373 g/mol. The maximum atomic E-state index is 5.90. The fourth-order valence-electron chi connectivity index (χ4n) is 2.53. The minimum absolute atomic E-state index is 0.106. The van der Waals surface area contributed by atoms with E-state index in [0.717, 1.165) is 36.9 Å². The first kappa shape index (κ1) is 21.0. The summed E-state index contributed by atoms with van der Waals surface area (Å²) in [6.45, 7) is 11.1. The van der Waals surface area contributed by atoms with E-state index in [1.165, 1.54) is 5.56 Å². The van der Waals surface area contributed by atoms with Gasteiger partial charge in [-0.05, 0) is 31.7 Å². The molecule has 27 heavy (non-hydrogen) atoms. The Labute approximate surface area is 162 Å². The highest BCUT2D eigenvalue weighted by Gasteiger charge is 2.08. The Morgan fingerprint density at radius 3 is 2.63 bits per heavy atom. The topological polar surface area (TPSA) is 71.7 Å². The molecule has 2 rings (SSSR count). The standard InChI is InChI=1S/C21H32N4O2/c1-5-22-21(24-15-19-14-20(16(2)3)25-27-19)23-12-9-13-26-17(4)18-10-7-6-8-11-18/h6-8,10-11,14,16-17H,5,9,12-13,15H2,1-4H3,(H2,22,23,24). The van der Waals surface area contributed by atoms with Gasteiger partial charge in [0.1, 0.15) is 6.54 Å². The van der Waals surface area contributed by atoms with Crippen LogP contribution >= 0.6 is 0 Å². The molecule has 0 saturated heterocycles.